The van der Waals surface area contributed by atoms with E-state index in [1.54, 1.807) is 32.4 Å². The van der Waals surface area contributed by atoms with E-state index in [-0.39, 0.29) is 5.91 Å². The third-order valence-electron chi connectivity index (χ3n) is 3.94. The number of carbonyl (C=O) groups is 1. The lowest BCUT2D eigenvalue weighted by atomic mass is 10.2. The highest BCUT2D eigenvalue weighted by Crippen LogP contribution is 2.24. The zero-order chi connectivity index (χ0) is 18.5. The van der Waals surface area contributed by atoms with E-state index in [1.807, 2.05) is 28.8 Å². The van der Waals surface area contributed by atoms with Crippen LogP contribution in [0.15, 0.2) is 47.5 Å². The number of aromatic nitrogens is 1. The monoisotopic (exact) mass is 372 g/mol. The van der Waals surface area contributed by atoms with Gasteiger partial charge in [-0.25, -0.2) is 0 Å². The first-order valence-corrected chi connectivity index (χ1v) is 8.88. The number of nitrogens with zero attached hydrogens (tertiary/aromatic N) is 2. The van der Waals surface area contributed by atoms with Crippen LogP contribution in [-0.4, -0.2) is 38.4 Å². The molecule has 3 aromatic rings. The first kappa shape index (κ1) is 18.2. The van der Waals surface area contributed by atoms with Crippen molar-refractivity contribution in [1.82, 2.24) is 4.57 Å². The number of rotatable bonds is 6. The molecule has 1 heterocycles. The van der Waals surface area contributed by atoms with Crippen molar-refractivity contribution in [3.8, 4) is 11.5 Å². The summed E-state index contributed by atoms with van der Waals surface area (Å²) in [5, 5.41) is 0. The van der Waals surface area contributed by atoms with Crippen LogP contribution in [0.25, 0.3) is 10.2 Å². The Morgan fingerprint density at radius 3 is 2.65 bits per heavy atom. The van der Waals surface area contributed by atoms with Gasteiger partial charge < -0.3 is 18.8 Å². The lowest BCUT2D eigenvalue weighted by Crippen LogP contribution is -2.19. The Morgan fingerprint density at radius 1 is 1.12 bits per heavy atom. The molecule has 0 bridgehead atoms. The second kappa shape index (κ2) is 8.16. The highest BCUT2D eigenvalue weighted by molar-refractivity contribution is 7.16. The summed E-state index contributed by atoms with van der Waals surface area (Å²) in [6, 6.07) is 12.9. The first-order chi connectivity index (χ1) is 12.7. The Labute approximate surface area is 155 Å². The van der Waals surface area contributed by atoms with Crippen LogP contribution in [0.4, 0.5) is 0 Å². The van der Waals surface area contributed by atoms with E-state index in [0.717, 1.165) is 16.0 Å². The molecule has 2 aromatic carbocycles. The van der Waals surface area contributed by atoms with E-state index < -0.39 is 0 Å². The normalized spacial score (nSPS) is 11.7. The second-order valence-electron chi connectivity index (χ2n) is 5.48. The largest absolute Gasteiger partial charge is 0.497 e. The molecule has 0 saturated heterocycles. The van der Waals surface area contributed by atoms with Crippen LogP contribution < -0.4 is 14.3 Å². The summed E-state index contributed by atoms with van der Waals surface area (Å²) >= 11 is 1.44. The highest BCUT2D eigenvalue weighted by Gasteiger charge is 2.13. The number of ether oxygens (including phenoxy) is 3. The molecule has 0 aliphatic heterocycles. The molecule has 1 amide bonds. The third kappa shape index (κ3) is 3.63. The van der Waals surface area contributed by atoms with Gasteiger partial charge >= 0.3 is 0 Å². The zero-order valence-corrected chi connectivity index (χ0v) is 15.7. The van der Waals surface area contributed by atoms with Gasteiger partial charge in [-0.1, -0.05) is 23.5 Å². The predicted octanol–water partition coefficient (Wildman–Crippen LogP) is 3.11. The molecule has 7 heteroatoms. The van der Waals surface area contributed by atoms with Crippen molar-refractivity contribution in [2.24, 2.45) is 4.99 Å². The van der Waals surface area contributed by atoms with Crippen molar-refractivity contribution in [2.75, 3.05) is 27.9 Å². The quantitative estimate of drug-likeness (QED) is 0.667. The van der Waals surface area contributed by atoms with Gasteiger partial charge in [0.25, 0.3) is 5.91 Å². The van der Waals surface area contributed by atoms with Crippen LogP contribution >= 0.6 is 11.3 Å². The topological polar surface area (TPSA) is 62.1 Å². The molecule has 0 aliphatic rings. The fourth-order valence-electron chi connectivity index (χ4n) is 2.63. The molecule has 3 rings (SSSR count). The predicted molar refractivity (Wildman–Crippen MR) is 101 cm³/mol. The van der Waals surface area contributed by atoms with Gasteiger partial charge in [-0.2, -0.15) is 4.99 Å². The summed E-state index contributed by atoms with van der Waals surface area (Å²) in [6.45, 7) is 1.12. The highest BCUT2D eigenvalue weighted by atomic mass is 32.1. The maximum absolute atomic E-state index is 12.7. The lowest BCUT2D eigenvalue weighted by Gasteiger charge is -2.06. The standard InChI is InChI=1S/C19H20N2O4S/c1-23-11-10-21-15-9-8-13(24-2)12-17(15)26-19(21)20-18(22)14-6-4-5-7-16(14)25-3/h4-9,12H,10-11H2,1-3H3. The van der Waals surface area contributed by atoms with Crippen molar-refractivity contribution in [1.29, 1.82) is 0 Å². The number of hydrogen-bond acceptors (Lipinski definition) is 5. The summed E-state index contributed by atoms with van der Waals surface area (Å²) < 4.78 is 18.7. The Hall–Kier alpha value is -2.64. The second-order valence-corrected chi connectivity index (χ2v) is 6.49. The molecular formula is C19H20N2O4S. The number of methoxy groups -OCH3 is 3. The number of amides is 1. The number of para-hydroxylation sites is 1. The number of benzene rings is 2. The molecule has 0 fully saturated rings. The minimum absolute atomic E-state index is 0.341. The van der Waals surface area contributed by atoms with Crippen molar-refractivity contribution in [3.05, 3.63) is 52.8 Å². The number of fused-ring (bicyclic) bond motifs is 1. The van der Waals surface area contributed by atoms with Crippen molar-refractivity contribution in [3.63, 3.8) is 0 Å². The van der Waals surface area contributed by atoms with Gasteiger partial charge in [-0.15, -0.1) is 0 Å². The SMILES string of the molecule is COCCn1c(=NC(=O)c2ccccc2OC)sc2cc(OC)ccc21. The van der Waals surface area contributed by atoms with E-state index in [1.165, 1.54) is 18.4 Å². The van der Waals surface area contributed by atoms with Crippen molar-refractivity contribution < 1.29 is 19.0 Å². The van der Waals surface area contributed by atoms with E-state index in [2.05, 4.69) is 4.99 Å². The van der Waals surface area contributed by atoms with E-state index in [0.29, 0.717) is 29.3 Å². The Balaban J connectivity index is 2.12. The lowest BCUT2D eigenvalue weighted by molar-refractivity contribution is 0.0994. The van der Waals surface area contributed by atoms with E-state index in [9.17, 15) is 4.79 Å². The summed E-state index contributed by atoms with van der Waals surface area (Å²) in [5.41, 5.74) is 1.42. The summed E-state index contributed by atoms with van der Waals surface area (Å²) in [7, 11) is 4.82. The minimum Gasteiger partial charge on any atom is -0.497 e. The van der Waals surface area contributed by atoms with Crippen LogP contribution in [0.3, 0.4) is 0 Å². The molecule has 6 nitrogen and oxygen atoms in total. The number of thiazole rings is 1. The van der Waals surface area contributed by atoms with E-state index >= 15 is 0 Å². The Kier molecular flexibility index (Phi) is 5.70. The molecule has 0 saturated carbocycles. The van der Waals surface area contributed by atoms with Gasteiger partial charge in [0.2, 0.25) is 0 Å². The van der Waals surface area contributed by atoms with Crippen LogP contribution in [-0.2, 0) is 11.3 Å². The smallest absolute Gasteiger partial charge is 0.283 e. The molecule has 26 heavy (non-hydrogen) atoms. The molecular weight excluding hydrogens is 352 g/mol. The maximum Gasteiger partial charge on any atom is 0.283 e. The molecule has 0 aliphatic carbocycles. The fraction of sp³-hybridized carbons (Fsp3) is 0.263. The van der Waals surface area contributed by atoms with Gasteiger partial charge in [0.1, 0.15) is 11.5 Å². The Morgan fingerprint density at radius 2 is 1.92 bits per heavy atom. The average Bonchev–Trinajstić information content (AvgIpc) is 3.02. The number of hydrogen-bond donors (Lipinski definition) is 0. The maximum atomic E-state index is 12.7. The van der Waals surface area contributed by atoms with Gasteiger partial charge in [0.05, 0.1) is 36.6 Å². The van der Waals surface area contributed by atoms with Crippen LogP contribution in [0.5, 0.6) is 11.5 Å². The zero-order valence-electron chi connectivity index (χ0n) is 14.9. The Bertz CT molecular complexity index is 991. The average molecular weight is 372 g/mol. The molecule has 1 aromatic heterocycles. The molecule has 136 valence electrons. The third-order valence-corrected chi connectivity index (χ3v) is 4.98. The summed E-state index contributed by atoms with van der Waals surface area (Å²) in [6.07, 6.45) is 0. The van der Waals surface area contributed by atoms with Crippen molar-refractivity contribution in [2.45, 2.75) is 6.54 Å². The van der Waals surface area contributed by atoms with Crippen molar-refractivity contribution >= 4 is 27.5 Å². The fourth-order valence-corrected chi connectivity index (χ4v) is 3.72. The number of carbonyl (C=O) groups excluding carboxylic acids is 1. The molecule has 0 unspecified atom stereocenters. The molecule has 0 radical (unpaired) electrons. The van der Waals surface area contributed by atoms with E-state index in [4.69, 9.17) is 14.2 Å². The van der Waals surface area contributed by atoms with Gasteiger partial charge in [0, 0.05) is 13.7 Å². The molecule has 0 atom stereocenters. The van der Waals surface area contributed by atoms with Gasteiger partial charge in [-0.05, 0) is 30.3 Å². The first-order valence-electron chi connectivity index (χ1n) is 8.06. The van der Waals surface area contributed by atoms with Gasteiger partial charge in [-0.3, -0.25) is 4.79 Å². The summed E-state index contributed by atoms with van der Waals surface area (Å²) in [5.74, 6) is 0.930. The minimum atomic E-state index is -0.341. The van der Waals surface area contributed by atoms with Crippen LogP contribution in [0.2, 0.25) is 0 Å². The molecule has 0 N–H and O–H groups in total. The summed E-state index contributed by atoms with van der Waals surface area (Å²) in [4.78, 5) is 17.7. The van der Waals surface area contributed by atoms with Gasteiger partial charge in [0.15, 0.2) is 4.80 Å². The molecule has 0 spiro atoms. The van der Waals surface area contributed by atoms with Crippen LogP contribution in [0, 0.1) is 0 Å². The van der Waals surface area contributed by atoms with Crippen LogP contribution in [0.1, 0.15) is 10.4 Å².